The highest BCUT2D eigenvalue weighted by molar-refractivity contribution is 7.26. The first-order valence-electron chi connectivity index (χ1n) is 17.1. The molecular weight excluding hydrogens is 625 g/mol. The number of fused-ring (bicyclic) bond motifs is 13. The second kappa shape index (κ2) is 10.6. The third-order valence-electron chi connectivity index (χ3n) is 10.4. The van der Waals surface area contributed by atoms with E-state index in [0.717, 1.165) is 22.5 Å². The van der Waals surface area contributed by atoms with Crippen molar-refractivity contribution < 1.29 is 0 Å². The molecule has 0 fully saturated rings. The van der Waals surface area contributed by atoms with Crippen molar-refractivity contribution in [3.05, 3.63) is 170 Å². The fourth-order valence-corrected chi connectivity index (χ4v) is 9.31. The number of aromatic nitrogens is 2. The molecule has 0 aliphatic heterocycles. The number of hydrogen-bond acceptors (Lipinski definition) is 2. The Kier molecular flexibility index (Phi) is 5.86. The van der Waals surface area contributed by atoms with Gasteiger partial charge in [-0.3, -0.25) is 0 Å². The minimum absolute atomic E-state index is 1.02. The Morgan fingerprint density at radius 1 is 0.420 bits per heavy atom. The first kappa shape index (κ1) is 27.6. The summed E-state index contributed by atoms with van der Waals surface area (Å²) in [5, 5.41) is 11.4. The average Bonchev–Trinajstić information content (AvgIpc) is 3.74. The Bertz CT molecular complexity index is 3100. The molecule has 0 bridgehead atoms. The monoisotopic (exact) mass is 652 g/mol. The van der Waals surface area contributed by atoms with Crippen LogP contribution in [0.1, 0.15) is 0 Å². The molecule has 2 nitrogen and oxygen atoms in total. The van der Waals surface area contributed by atoms with E-state index in [0.29, 0.717) is 0 Å². The molecule has 0 spiro atoms. The first-order chi connectivity index (χ1) is 24.8. The van der Waals surface area contributed by atoms with Gasteiger partial charge in [0.15, 0.2) is 0 Å². The van der Waals surface area contributed by atoms with Gasteiger partial charge in [-0.25, -0.2) is 4.98 Å². The lowest BCUT2D eigenvalue weighted by Crippen LogP contribution is -1.94. The molecule has 3 heteroatoms. The Morgan fingerprint density at radius 2 is 0.960 bits per heavy atom. The lowest BCUT2D eigenvalue weighted by atomic mass is 9.92. The van der Waals surface area contributed by atoms with Gasteiger partial charge >= 0.3 is 0 Å². The molecule has 0 atom stereocenters. The van der Waals surface area contributed by atoms with Crippen LogP contribution < -0.4 is 0 Å². The molecule has 0 N–H and O–H groups in total. The zero-order chi connectivity index (χ0) is 32.8. The van der Waals surface area contributed by atoms with Crippen molar-refractivity contribution in [1.82, 2.24) is 9.55 Å². The van der Waals surface area contributed by atoms with Gasteiger partial charge < -0.3 is 4.57 Å². The van der Waals surface area contributed by atoms with E-state index < -0.39 is 0 Å². The van der Waals surface area contributed by atoms with Crippen LogP contribution in [0.5, 0.6) is 0 Å². The third-order valence-corrected chi connectivity index (χ3v) is 11.5. The molecule has 0 unspecified atom stereocenters. The molecule has 0 saturated carbocycles. The zero-order valence-corrected chi connectivity index (χ0v) is 27.8. The highest BCUT2D eigenvalue weighted by atomic mass is 32.1. The molecule has 8 aromatic carbocycles. The largest absolute Gasteiger partial charge is 0.308 e. The van der Waals surface area contributed by atoms with Crippen LogP contribution in [0.15, 0.2) is 170 Å². The van der Waals surface area contributed by atoms with Gasteiger partial charge in [0, 0.05) is 32.1 Å². The van der Waals surface area contributed by atoms with Gasteiger partial charge in [-0.2, -0.15) is 0 Å². The maximum Gasteiger partial charge on any atom is 0.0917 e. The standard InChI is InChI=1S/C47H28N2S/c1-2-12-32(13-3-1)49-41-20-10-8-18-38(41)43-44(48-45-39-19-9-11-21-42(39)50-47(45)46(43)49)30-24-22-29(23-25-30)31-26-27-37-35-16-5-4-14-33(35)34-15-6-7-17-36(34)40(37)28-31/h1-28H. The van der Waals surface area contributed by atoms with Crippen molar-refractivity contribution in [1.29, 1.82) is 0 Å². The van der Waals surface area contributed by atoms with E-state index >= 15 is 0 Å². The molecule has 0 amide bonds. The second-order valence-electron chi connectivity index (χ2n) is 13.1. The third kappa shape index (κ3) is 3.92. The molecule has 11 rings (SSSR count). The van der Waals surface area contributed by atoms with Gasteiger partial charge in [0.2, 0.25) is 0 Å². The summed E-state index contributed by atoms with van der Waals surface area (Å²) in [5.74, 6) is 0. The molecule has 50 heavy (non-hydrogen) atoms. The molecule has 232 valence electrons. The molecule has 0 aliphatic carbocycles. The predicted octanol–water partition coefficient (Wildman–Crippen LogP) is 13.3. The number of benzene rings is 8. The fraction of sp³-hybridized carbons (Fsp3) is 0. The number of thiophene rings is 1. The smallest absolute Gasteiger partial charge is 0.0917 e. The van der Waals surface area contributed by atoms with Crippen LogP contribution in [-0.2, 0) is 0 Å². The van der Waals surface area contributed by atoms with Crippen molar-refractivity contribution in [2.24, 2.45) is 0 Å². The lowest BCUT2D eigenvalue weighted by molar-refractivity contribution is 1.19. The van der Waals surface area contributed by atoms with E-state index in [1.165, 1.54) is 80.0 Å². The highest BCUT2D eigenvalue weighted by Crippen LogP contribution is 2.46. The summed E-state index contributed by atoms with van der Waals surface area (Å²) in [4.78, 5) is 5.52. The van der Waals surface area contributed by atoms with Crippen LogP contribution in [0, 0.1) is 0 Å². The number of para-hydroxylation sites is 2. The topological polar surface area (TPSA) is 17.8 Å². The van der Waals surface area contributed by atoms with Gasteiger partial charge in [-0.05, 0) is 73.8 Å². The maximum absolute atomic E-state index is 5.52. The average molecular weight is 653 g/mol. The Morgan fingerprint density at radius 3 is 1.68 bits per heavy atom. The van der Waals surface area contributed by atoms with Crippen LogP contribution in [0.4, 0.5) is 0 Å². The van der Waals surface area contributed by atoms with Crippen molar-refractivity contribution in [3.63, 3.8) is 0 Å². The maximum atomic E-state index is 5.52. The van der Waals surface area contributed by atoms with Crippen molar-refractivity contribution >= 4 is 85.8 Å². The van der Waals surface area contributed by atoms with E-state index in [2.05, 4.69) is 174 Å². The molecule has 0 aliphatic rings. The summed E-state index contributed by atoms with van der Waals surface area (Å²) in [6.07, 6.45) is 0. The summed E-state index contributed by atoms with van der Waals surface area (Å²) in [6.45, 7) is 0. The molecule has 3 aromatic heterocycles. The van der Waals surface area contributed by atoms with Crippen molar-refractivity contribution in [3.8, 4) is 28.1 Å². The van der Waals surface area contributed by atoms with Crippen LogP contribution in [0.25, 0.3) is 102 Å². The quantitative estimate of drug-likeness (QED) is 0.174. The second-order valence-corrected chi connectivity index (χ2v) is 14.1. The van der Waals surface area contributed by atoms with Gasteiger partial charge in [0.05, 0.1) is 26.9 Å². The van der Waals surface area contributed by atoms with Crippen LogP contribution in [0.2, 0.25) is 0 Å². The molecule has 0 saturated heterocycles. The minimum atomic E-state index is 1.02. The number of pyridine rings is 1. The Hall–Kier alpha value is -6.29. The normalized spacial score (nSPS) is 12.0. The Labute approximate surface area is 292 Å². The zero-order valence-electron chi connectivity index (χ0n) is 27.0. The van der Waals surface area contributed by atoms with E-state index in [1.54, 1.807) is 0 Å². The highest BCUT2D eigenvalue weighted by Gasteiger charge is 2.23. The van der Waals surface area contributed by atoms with E-state index in [-0.39, 0.29) is 0 Å². The van der Waals surface area contributed by atoms with Gasteiger partial charge in [0.25, 0.3) is 0 Å². The van der Waals surface area contributed by atoms with Gasteiger partial charge in [-0.15, -0.1) is 11.3 Å². The SMILES string of the molecule is c1ccc(-n2c3ccccc3c3c(-c4ccc(-c5ccc6c7ccccc7c7ccccc7c6c5)cc4)nc4c5ccccc5sc4c32)cc1. The summed E-state index contributed by atoms with van der Waals surface area (Å²) in [6, 6.07) is 61.7. The fourth-order valence-electron chi connectivity index (χ4n) is 8.13. The number of rotatable bonds is 3. The first-order valence-corrected chi connectivity index (χ1v) is 17.9. The molecule has 0 radical (unpaired) electrons. The molecular formula is C47H28N2S. The summed E-state index contributed by atoms with van der Waals surface area (Å²) in [7, 11) is 0. The van der Waals surface area contributed by atoms with Crippen LogP contribution in [0.3, 0.4) is 0 Å². The predicted molar refractivity (Wildman–Crippen MR) is 215 cm³/mol. The minimum Gasteiger partial charge on any atom is -0.308 e. The Balaban J connectivity index is 1.15. The van der Waals surface area contributed by atoms with Crippen molar-refractivity contribution in [2.45, 2.75) is 0 Å². The molecule has 11 aromatic rings. The van der Waals surface area contributed by atoms with E-state index in [4.69, 9.17) is 4.98 Å². The van der Waals surface area contributed by atoms with E-state index in [9.17, 15) is 0 Å². The van der Waals surface area contributed by atoms with Crippen LogP contribution in [-0.4, -0.2) is 9.55 Å². The van der Waals surface area contributed by atoms with Gasteiger partial charge in [0.1, 0.15) is 0 Å². The number of hydrogen-bond donors (Lipinski definition) is 0. The summed E-state index contributed by atoms with van der Waals surface area (Å²) < 4.78 is 4.91. The lowest BCUT2D eigenvalue weighted by Gasteiger charge is -2.12. The van der Waals surface area contributed by atoms with Gasteiger partial charge in [-0.1, -0.05) is 140 Å². The molecule has 3 heterocycles. The summed E-state index contributed by atoms with van der Waals surface area (Å²) in [5.41, 5.74) is 9.16. The van der Waals surface area contributed by atoms with E-state index in [1.807, 2.05) is 11.3 Å². The van der Waals surface area contributed by atoms with Crippen molar-refractivity contribution in [2.75, 3.05) is 0 Å². The van der Waals surface area contributed by atoms with Crippen LogP contribution >= 0.6 is 11.3 Å². The summed E-state index contributed by atoms with van der Waals surface area (Å²) >= 11 is 1.84. The number of nitrogens with zero attached hydrogens (tertiary/aromatic N) is 2.